The van der Waals surface area contributed by atoms with E-state index in [4.69, 9.17) is 17.0 Å². The summed E-state index contributed by atoms with van der Waals surface area (Å²) >= 11 is 5.09. The highest BCUT2D eigenvalue weighted by Gasteiger charge is 2.04. The van der Waals surface area contributed by atoms with E-state index in [0.29, 0.717) is 6.54 Å². The van der Waals surface area contributed by atoms with Crippen LogP contribution in [-0.2, 0) is 16.1 Å². The van der Waals surface area contributed by atoms with Gasteiger partial charge in [0, 0.05) is 12.6 Å². The number of hydrazine groups is 1. The third-order valence-electron chi connectivity index (χ3n) is 3.58. The molecule has 28 heavy (non-hydrogen) atoms. The lowest BCUT2D eigenvalue weighted by molar-refractivity contribution is -0.124. The van der Waals surface area contributed by atoms with E-state index in [9.17, 15) is 9.59 Å². The van der Waals surface area contributed by atoms with Gasteiger partial charge in [-0.05, 0) is 41.6 Å². The topological polar surface area (TPSA) is 91.5 Å². The van der Waals surface area contributed by atoms with Crippen LogP contribution in [0.2, 0.25) is 0 Å². The van der Waals surface area contributed by atoms with Crippen LogP contribution in [0.25, 0.3) is 6.08 Å². The largest absolute Gasteiger partial charge is 0.497 e. The van der Waals surface area contributed by atoms with Crippen molar-refractivity contribution in [3.05, 3.63) is 71.8 Å². The highest BCUT2D eigenvalue weighted by molar-refractivity contribution is 7.80. The summed E-state index contributed by atoms with van der Waals surface area (Å²) in [6, 6.07) is 16.9. The molecular weight excluding hydrogens is 376 g/mol. The molecule has 0 aromatic heterocycles. The van der Waals surface area contributed by atoms with Crippen molar-refractivity contribution in [2.75, 3.05) is 13.7 Å². The predicted molar refractivity (Wildman–Crippen MR) is 112 cm³/mol. The molecule has 0 bridgehead atoms. The Hall–Kier alpha value is -3.39. The maximum Gasteiger partial charge on any atom is 0.257 e. The molecule has 2 rings (SSSR count). The van der Waals surface area contributed by atoms with Crippen LogP contribution in [0.15, 0.2) is 60.7 Å². The molecule has 4 N–H and O–H groups in total. The molecule has 8 heteroatoms. The molecule has 146 valence electrons. The molecule has 0 radical (unpaired) electrons. The van der Waals surface area contributed by atoms with E-state index in [1.807, 2.05) is 54.6 Å². The first-order chi connectivity index (χ1) is 13.6. The Morgan fingerprint density at radius 2 is 1.71 bits per heavy atom. The van der Waals surface area contributed by atoms with E-state index >= 15 is 0 Å². The van der Waals surface area contributed by atoms with E-state index < -0.39 is 5.91 Å². The number of nitrogens with one attached hydrogen (secondary N) is 4. The van der Waals surface area contributed by atoms with Crippen molar-refractivity contribution in [3.8, 4) is 5.75 Å². The van der Waals surface area contributed by atoms with Gasteiger partial charge in [-0.15, -0.1) is 0 Å². The summed E-state index contributed by atoms with van der Waals surface area (Å²) in [5.74, 6) is -0.00774. The smallest absolute Gasteiger partial charge is 0.257 e. The van der Waals surface area contributed by atoms with Gasteiger partial charge >= 0.3 is 0 Å². The molecule has 0 saturated heterocycles. The van der Waals surface area contributed by atoms with Crippen molar-refractivity contribution in [2.24, 2.45) is 0 Å². The number of thiocarbonyl (C=S) groups is 1. The van der Waals surface area contributed by atoms with Gasteiger partial charge in [0.1, 0.15) is 5.75 Å². The molecule has 0 heterocycles. The molecule has 0 spiro atoms. The number of hydrogen-bond donors (Lipinski definition) is 4. The minimum Gasteiger partial charge on any atom is -0.497 e. The second kappa shape index (κ2) is 11.3. The Kier molecular flexibility index (Phi) is 8.48. The number of hydrogen-bond acceptors (Lipinski definition) is 4. The van der Waals surface area contributed by atoms with Crippen LogP contribution in [0.5, 0.6) is 5.75 Å². The van der Waals surface area contributed by atoms with E-state index in [2.05, 4.69) is 21.5 Å². The van der Waals surface area contributed by atoms with Gasteiger partial charge in [0.25, 0.3) is 5.91 Å². The highest BCUT2D eigenvalue weighted by atomic mass is 32.1. The fourth-order valence-corrected chi connectivity index (χ4v) is 2.23. The predicted octanol–water partition coefficient (Wildman–Crippen LogP) is 1.52. The average Bonchev–Trinajstić information content (AvgIpc) is 2.74. The number of methoxy groups -OCH3 is 1. The van der Waals surface area contributed by atoms with Crippen LogP contribution in [0.1, 0.15) is 11.1 Å². The van der Waals surface area contributed by atoms with Crippen LogP contribution in [-0.4, -0.2) is 30.6 Å². The summed E-state index contributed by atoms with van der Waals surface area (Å²) in [5.41, 5.74) is 6.91. The maximum absolute atomic E-state index is 11.8. The third kappa shape index (κ3) is 7.88. The Bertz CT molecular complexity index is 823. The van der Waals surface area contributed by atoms with Gasteiger partial charge in [-0.2, -0.15) is 0 Å². The number of benzene rings is 2. The molecule has 0 saturated carbocycles. The molecule has 0 unspecified atom stereocenters. The zero-order valence-electron chi connectivity index (χ0n) is 15.4. The Labute approximate surface area is 169 Å². The molecule has 2 aromatic rings. The van der Waals surface area contributed by atoms with Crippen LogP contribution in [0.3, 0.4) is 0 Å². The third-order valence-corrected chi connectivity index (χ3v) is 3.82. The first kappa shape index (κ1) is 20.9. The van der Waals surface area contributed by atoms with Gasteiger partial charge < -0.3 is 15.4 Å². The van der Waals surface area contributed by atoms with E-state index in [1.165, 1.54) is 6.08 Å². The highest BCUT2D eigenvalue weighted by Crippen LogP contribution is 2.10. The fourth-order valence-electron chi connectivity index (χ4n) is 2.10. The normalized spacial score (nSPS) is 10.2. The van der Waals surface area contributed by atoms with Gasteiger partial charge in [-0.3, -0.25) is 20.4 Å². The number of ether oxygens (including phenoxy) is 1. The standard InChI is InChI=1S/C20H22N4O3S/c1-27-17-10-7-16(8-11-17)13-22-20(28)24-23-19(26)14-21-18(25)12-9-15-5-3-2-4-6-15/h2-12H,13-14H2,1H3,(H,21,25)(H,23,26)(H2,22,24,28)/b12-9+. The van der Waals surface area contributed by atoms with E-state index in [-0.39, 0.29) is 17.6 Å². The average molecular weight is 398 g/mol. The molecule has 0 aliphatic rings. The molecular formula is C20H22N4O3S. The second-order valence-electron chi connectivity index (χ2n) is 5.67. The maximum atomic E-state index is 11.8. The summed E-state index contributed by atoms with van der Waals surface area (Å²) < 4.78 is 5.10. The first-order valence-electron chi connectivity index (χ1n) is 8.53. The summed E-state index contributed by atoms with van der Waals surface area (Å²) in [6.07, 6.45) is 3.04. The molecule has 0 aliphatic heterocycles. The minimum absolute atomic E-state index is 0.175. The minimum atomic E-state index is -0.421. The lowest BCUT2D eigenvalue weighted by atomic mass is 10.2. The summed E-state index contributed by atoms with van der Waals surface area (Å²) in [4.78, 5) is 23.5. The molecule has 0 fully saturated rings. The second-order valence-corrected chi connectivity index (χ2v) is 6.07. The van der Waals surface area contributed by atoms with Crippen molar-refractivity contribution in [1.82, 2.24) is 21.5 Å². The van der Waals surface area contributed by atoms with Crippen molar-refractivity contribution >= 4 is 35.2 Å². The Morgan fingerprint density at radius 1 is 1.00 bits per heavy atom. The Morgan fingerprint density at radius 3 is 2.39 bits per heavy atom. The Balaban J connectivity index is 1.62. The summed E-state index contributed by atoms with van der Waals surface area (Å²) in [6.45, 7) is 0.318. The zero-order chi connectivity index (χ0) is 20.2. The fraction of sp³-hybridized carbons (Fsp3) is 0.150. The van der Waals surface area contributed by atoms with E-state index in [0.717, 1.165) is 16.9 Å². The van der Waals surface area contributed by atoms with Crippen LogP contribution < -0.4 is 26.2 Å². The number of carbonyl (C=O) groups excluding carboxylic acids is 2. The molecule has 2 aromatic carbocycles. The van der Waals surface area contributed by atoms with Gasteiger partial charge in [-0.25, -0.2) is 0 Å². The SMILES string of the molecule is COc1ccc(CNC(=S)NNC(=O)CNC(=O)/C=C/c2ccccc2)cc1. The van der Waals surface area contributed by atoms with Crippen molar-refractivity contribution in [2.45, 2.75) is 6.54 Å². The first-order valence-corrected chi connectivity index (χ1v) is 8.94. The van der Waals surface area contributed by atoms with Gasteiger partial charge in [0.05, 0.1) is 13.7 Å². The summed E-state index contributed by atoms with van der Waals surface area (Å²) in [5, 5.41) is 5.72. The monoisotopic (exact) mass is 398 g/mol. The summed E-state index contributed by atoms with van der Waals surface area (Å²) in [7, 11) is 1.61. The van der Waals surface area contributed by atoms with Crippen molar-refractivity contribution in [3.63, 3.8) is 0 Å². The molecule has 7 nitrogen and oxygen atoms in total. The van der Waals surface area contributed by atoms with Crippen LogP contribution in [0.4, 0.5) is 0 Å². The molecule has 2 amide bonds. The van der Waals surface area contributed by atoms with Crippen LogP contribution >= 0.6 is 12.2 Å². The van der Waals surface area contributed by atoms with Gasteiger partial charge in [0.15, 0.2) is 5.11 Å². The number of carbonyl (C=O) groups is 2. The lowest BCUT2D eigenvalue weighted by Crippen LogP contribution is -2.49. The van der Waals surface area contributed by atoms with Gasteiger partial charge in [0.2, 0.25) is 5.91 Å². The van der Waals surface area contributed by atoms with Crippen molar-refractivity contribution in [1.29, 1.82) is 0 Å². The van der Waals surface area contributed by atoms with Crippen LogP contribution in [0, 0.1) is 0 Å². The van der Waals surface area contributed by atoms with E-state index in [1.54, 1.807) is 13.2 Å². The number of amides is 2. The molecule has 0 aliphatic carbocycles. The number of rotatable bonds is 7. The zero-order valence-corrected chi connectivity index (χ0v) is 16.2. The van der Waals surface area contributed by atoms with Gasteiger partial charge in [-0.1, -0.05) is 42.5 Å². The quantitative estimate of drug-likeness (QED) is 0.321. The lowest BCUT2D eigenvalue weighted by Gasteiger charge is -2.12. The van der Waals surface area contributed by atoms with Crippen molar-refractivity contribution < 1.29 is 14.3 Å². The molecule has 0 atom stereocenters.